The average molecular weight is 326 g/mol. The van der Waals surface area contributed by atoms with Gasteiger partial charge in [0.25, 0.3) is 0 Å². The molecular weight excluding hydrogens is 307 g/mol. The molecule has 0 aromatic heterocycles. The van der Waals surface area contributed by atoms with Crippen LogP contribution in [-0.4, -0.2) is 11.8 Å². The minimum absolute atomic E-state index is 0.174. The third-order valence-corrected chi connectivity index (χ3v) is 4.67. The van der Waals surface area contributed by atoms with Crippen molar-refractivity contribution >= 4 is 17.5 Å². The van der Waals surface area contributed by atoms with Gasteiger partial charge in [-0.1, -0.05) is 31.0 Å². The lowest BCUT2D eigenvalue weighted by molar-refractivity contribution is -0.121. The summed E-state index contributed by atoms with van der Waals surface area (Å²) in [6.07, 6.45) is 3.20. The van der Waals surface area contributed by atoms with Gasteiger partial charge in [-0.25, -0.2) is 4.39 Å². The van der Waals surface area contributed by atoms with E-state index in [1.54, 1.807) is 36.4 Å². The van der Waals surface area contributed by atoms with Gasteiger partial charge in [0, 0.05) is 11.3 Å². The number of nitrogens with one attached hydrogen (secondary N) is 1. The highest BCUT2D eigenvalue weighted by atomic mass is 19.1. The molecule has 0 radical (unpaired) electrons. The fourth-order valence-corrected chi connectivity index (χ4v) is 3.41. The van der Waals surface area contributed by atoms with Crippen LogP contribution in [0.5, 0.6) is 0 Å². The smallest absolute Gasteiger partial charge is 0.248 e. The number of rotatable bonds is 4. The van der Waals surface area contributed by atoms with Crippen LogP contribution in [0.4, 0.5) is 10.1 Å². The van der Waals surface area contributed by atoms with E-state index in [9.17, 15) is 14.0 Å². The standard InChI is InChI=1S/C19H19FN2O2/c20-15-7-4-6-14(12-15)19(9-1-2-10-19)18(24)22-16-8-3-5-13(11-16)17(21)23/h3-8,11-12H,1-2,9-10H2,(H2,21,23)(H,22,24). The van der Waals surface area contributed by atoms with E-state index in [-0.39, 0.29) is 11.7 Å². The summed E-state index contributed by atoms with van der Waals surface area (Å²) in [5.74, 6) is -1.07. The molecular formula is C19H19FN2O2. The molecule has 3 rings (SSSR count). The summed E-state index contributed by atoms with van der Waals surface area (Å²) in [4.78, 5) is 24.3. The maximum Gasteiger partial charge on any atom is 0.248 e. The number of halogens is 1. The fourth-order valence-electron chi connectivity index (χ4n) is 3.41. The molecule has 1 aliphatic rings. The Morgan fingerprint density at radius 3 is 2.42 bits per heavy atom. The number of benzene rings is 2. The minimum atomic E-state index is -0.731. The van der Waals surface area contributed by atoms with E-state index in [0.29, 0.717) is 29.7 Å². The van der Waals surface area contributed by atoms with Crippen LogP contribution >= 0.6 is 0 Å². The first-order chi connectivity index (χ1) is 11.5. The molecule has 1 fully saturated rings. The van der Waals surface area contributed by atoms with Crippen molar-refractivity contribution in [2.24, 2.45) is 5.73 Å². The van der Waals surface area contributed by atoms with Gasteiger partial charge in [0.05, 0.1) is 5.41 Å². The molecule has 24 heavy (non-hydrogen) atoms. The molecule has 2 aromatic rings. The number of primary amides is 1. The highest BCUT2D eigenvalue weighted by molar-refractivity contribution is 6.01. The second-order valence-corrected chi connectivity index (χ2v) is 6.20. The van der Waals surface area contributed by atoms with Gasteiger partial charge in [0.2, 0.25) is 11.8 Å². The molecule has 0 unspecified atom stereocenters. The molecule has 2 aromatic carbocycles. The summed E-state index contributed by atoms with van der Waals surface area (Å²) >= 11 is 0. The van der Waals surface area contributed by atoms with Gasteiger partial charge in [-0.3, -0.25) is 9.59 Å². The van der Waals surface area contributed by atoms with E-state index in [4.69, 9.17) is 5.73 Å². The van der Waals surface area contributed by atoms with Crippen LogP contribution in [0.1, 0.15) is 41.6 Å². The Bertz CT molecular complexity index is 782. The lowest BCUT2D eigenvalue weighted by Crippen LogP contribution is -2.38. The van der Waals surface area contributed by atoms with Crippen LogP contribution in [0.2, 0.25) is 0 Å². The Kier molecular flexibility index (Phi) is 4.34. The van der Waals surface area contributed by atoms with Gasteiger partial charge in [0.15, 0.2) is 0 Å². The van der Waals surface area contributed by atoms with Crippen molar-refractivity contribution in [2.45, 2.75) is 31.1 Å². The number of amides is 2. The Labute approximate surface area is 139 Å². The van der Waals surface area contributed by atoms with Crippen molar-refractivity contribution in [3.8, 4) is 0 Å². The Morgan fingerprint density at radius 2 is 1.75 bits per heavy atom. The lowest BCUT2D eigenvalue weighted by atomic mass is 9.78. The first-order valence-electron chi connectivity index (χ1n) is 7.99. The molecule has 1 saturated carbocycles. The quantitative estimate of drug-likeness (QED) is 0.904. The van der Waals surface area contributed by atoms with Crippen molar-refractivity contribution in [1.29, 1.82) is 0 Å². The largest absolute Gasteiger partial charge is 0.366 e. The lowest BCUT2D eigenvalue weighted by Gasteiger charge is -2.28. The maximum atomic E-state index is 13.6. The van der Waals surface area contributed by atoms with Gasteiger partial charge in [0.1, 0.15) is 5.82 Å². The molecule has 0 heterocycles. The zero-order chi connectivity index (χ0) is 17.2. The number of nitrogens with two attached hydrogens (primary N) is 1. The maximum absolute atomic E-state index is 13.6. The van der Waals surface area contributed by atoms with Crippen LogP contribution in [0.3, 0.4) is 0 Å². The molecule has 0 spiro atoms. The third kappa shape index (κ3) is 3.02. The number of carbonyl (C=O) groups is 2. The van der Waals surface area contributed by atoms with Crippen molar-refractivity contribution in [3.05, 3.63) is 65.5 Å². The highest BCUT2D eigenvalue weighted by Crippen LogP contribution is 2.42. The van der Waals surface area contributed by atoms with Gasteiger partial charge < -0.3 is 11.1 Å². The molecule has 0 aliphatic heterocycles. The van der Waals surface area contributed by atoms with Crippen LogP contribution in [0, 0.1) is 5.82 Å². The van der Waals surface area contributed by atoms with Gasteiger partial charge >= 0.3 is 0 Å². The van der Waals surface area contributed by atoms with Crippen LogP contribution in [0.15, 0.2) is 48.5 Å². The van der Waals surface area contributed by atoms with E-state index in [0.717, 1.165) is 12.8 Å². The van der Waals surface area contributed by atoms with Crippen LogP contribution in [-0.2, 0) is 10.2 Å². The monoisotopic (exact) mass is 326 g/mol. The third-order valence-electron chi connectivity index (χ3n) is 4.67. The predicted molar refractivity (Wildman–Crippen MR) is 90.1 cm³/mol. The van der Waals surface area contributed by atoms with Crippen molar-refractivity contribution < 1.29 is 14.0 Å². The minimum Gasteiger partial charge on any atom is -0.366 e. The molecule has 1 aliphatic carbocycles. The van der Waals surface area contributed by atoms with Gasteiger partial charge in [-0.2, -0.15) is 0 Å². The molecule has 3 N–H and O–H groups in total. The Morgan fingerprint density at radius 1 is 1.04 bits per heavy atom. The summed E-state index contributed by atoms with van der Waals surface area (Å²) in [7, 11) is 0. The van der Waals surface area contributed by atoms with Crippen molar-refractivity contribution in [2.75, 3.05) is 5.32 Å². The van der Waals surface area contributed by atoms with E-state index < -0.39 is 11.3 Å². The molecule has 5 heteroatoms. The summed E-state index contributed by atoms with van der Waals surface area (Å²) < 4.78 is 13.6. The SMILES string of the molecule is NC(=O)c1cccc(NC(=O)C2(c3cccc(F)c3)CCCC2)c1. The number of anilines is 1. The fraction of sp³-hybridized carbons (Fsp3) is 0.263. The van der Waals surface area contributed by atoms with E-state index in [1.165, 1.54) is 12.1 Å². The summed E-state index contributed by atoms with van der Waals surface area (Å²) in [6.45, 7) is 0. The molecule has 2 amide bonds. The highest BCUT2D eigenvalue weighted by Gasteiger charge is 2.42. The van der Waals surface area contributed by atoms with Crippen LogP contribution < -0.4 is 11.1 Å². The average Bonchev–Trinajstić information content (AvgIpc) is 3.06. The number of hydrogen-bond acceptors (Lipinski definition) is 2. The number of hydrogen-bond donors (Lipinski definition) is 2. The van der Waals surface area contributed by atoms with E-state index in [1.807, 2.05) is 0 Å². The topological polar surface area (TPSA) is 72.2 Å². The van der Waals surface area contributed by atoms with E-state index >= 15 is 0 Å². The van der Waals surface area contributed by atoms with Crippen molar-refractivity contribution in [3.63, 3.8) is 0 Å². The normalized spacial score (nSPS) is 15.9. The summed E-state index contributed by atoms with van der Waals surface area (Å²) in [6, 6.07) is 12.8. The Balaban J connectivity index is 1.91. The predicted octanol–water partition coefficient (Wildman–Crippen LogP) is 3.38. The van der Waals surface area contributed by atoms with Gasteiger partial charge in [-0.05, 0) is 48.7 Å². The molecule has 0 saturated heterocycles. The van der Waals surface area contributed by atoms with E-state index in [2.05, 4.69) is 5.32 Å². The molecule has 0 bridgehead atoms. The summed E-state index contributed by atoms with van der Waals surface area (Å²) in [5.41, 5.74) is 6.09. The second-order valence-electron chi connectivity index (χ2n) is 6.20. The molecule has 4 nitrogen and oxygen atoms in total. The second kappa shape index (κ2) is 6.43. The van der Waals surface area contributed by atoms with Gasteiger partial charge in [-0.15, -0.1) is 0 Å². The zero-order valence-electron chi connectivity index (χ0n) is 13.2. The van der Waals surface area contributed by atoms with Crippen LogP contribution in [0.25, 0.3) is 0 Å². The molecule has 0 atom stereocenters. The zero-order valence-corrected chi connectivity index (χ0v) is 13.2. The first kappa shape index (κ1) is 16.2. The Hall–Kier alpha value is -2.69. The first-order valence-corrected chi connectivity index (χ1v) is 7.99. The van der Waals surface area contributed by atoms with Crippen molar-refractivity contribution in [1.82, 2.24) is 0 Å². The molecule has 124 valence electrons. The summed E-state index contributed by atoms with van der Waals surface area (Å²) in [5, 5.41) is 2.87. The number of carbonyl (C=O) groups excluding carboxylic acids is 2.